The zero-order valence-corrected chi connectivity index (χ0v) is 14.0. The average Bonchev–Trinajstić information content (AvgIpc) is 2.97. The van der Waals surface area contributed by atoms with Crippen LogP contribution in [0.4, 0.5) is 20.0 Å². The van der Waals surface area contributed by atoms with Crippen molar-refractivity contribution in [3.05, 3.63) is 35.1 Å². The van der Waals surface area contributed by atoms with E-state index in [2.05, 4.69) is 27.8 Å². The van der Waals surface area contributed by atoms with Crippen molar-refractivity contribution in [1.29, 1.82) is 0 Å². The smallest absolute Gasteiger partial charge is 0.305 e. The number of nitrogens with one attached hydrogen (secondary N) is 2. The van der Waals surface area contributed by atoms with Crippen molar-refractivity contribution in [2.75, 3.05) is 10.6 Å². The first kappa shape index (κ1) is 17.3. The molecule has 23 heavy (non-hydrogen) atoms. The number of unbranched alkanes of at least 4 members (excludes halogenated alkanes) is 4. The van der Waals surface area contributed by atoms with Gasteiger partial charge in [0.15, 0.2) is 0 Å². The number of para-hydroxylation sites is 1. The number of carbonyl (C=O) groups is 1. The van der Waals surface area contributed by atoms with E-state index >= 15 is 0 Å². The van der Waals surface area contributed by atoms with Gasteiger partial charge in [-0.05, 0) is 18.6 Å². The Hall–Kier alpha value is -2.02. The summed E-state index contributed by atoms with van der Waals surface area (Å²) in [7, 11) is 0. The summed E-state index contributed by atoms with van der Waals surface area (Å²) in [5, 5.41) is 14.4. The molecule has 0 atom stereocenters. The van der Waals surface area contributed by atoms with Gasteiger partial charge in [-0.1, -0.05) is 56.1 Å². The molecule has 0 unspecified atom stereocenters. The quantitative estimate of drug-likeness (QED) is 0.678. The zero-order chi connectivity index (χ0) is 16.5. The van der Waals surface area contributed by atoms with Crippen LogP contribution in [0.2, 0.25) is 0 Å². The molecule has 0 radical (unpaired) electrons. The molecule has 124 valence electrons. The molecule has 2 aromatic rings. The number of rotatable bonds is 8. The Morgan fingerprint density at radius 1 is 1.13 bits per heavy atom. The van der Waals surface area contributed by atoms with Gasteiger partial charge in [0, 0.05) is 6.42 Å². The van der Waals surface area contributed by atoms with Crippen molar-refractivity contribution in [1.82, 2.24) is 10.2 Å². The van der Waals surface area contributed by atoms with Crippen LogP contribution in [0.1, 0.15) is 44.0 Å². The molecule has 1 heterocycles. The summed E-state index contributed by atoms with van der Waals surface area (Å²) in [5.74, 6) is -0.479. The maximum absolute atomic E-state index is 13.5. The summed E-state index contributed by atoms with van der Waals surface area (Å²) in [4.78, 5) is 11.8. The van der Waals surface area contributed by atoms with Crippen LogP contribution in [0.25, 0.3) is 0 Å². The second-order valence-corrected chi connectivity index (χ2v) is 6.29. The van der Waals surface area contributed by atoms with E-state index in [9.17, 15) is 9.18 Å². The number of halogens is 1. The van der Waals surface area contributed by atoms with Crippen molar-refractivity contribution >= 4 is 28.2 Å². The fraction of sp³-hybridized carbons (Fsp3) is 0.438. The maximum atomic E-state index is 13.5. The lowest BCUT2D eigenvalue weighted by Gasteiger charge is -2.05. The lowest BCUT2D eigenvalue weighted by Crippen LogP contribution is -2.19. The van der Waals surface area contributed by atoms with Gasteiger partial charge in [-0.3, -0.25) is 5.32 Å². The van der Waals surface area contributed by atoms with Crippen molar-refractivity contribution in [3.63, 3.8) is 0 Å². The fourth-order valence-corrected chi connectivity index (χ4v) is 2.87. The molecular weight excluding hydrogens is 315 g/mol. The summed E-state index contributed by atoms with van der Waals surface area (Å²) in [5.41, 5.74) is 0.130. The Bertz CT molecular complexity index is 632. The van der Waals surface area contributed by atoms with Crippen LogP contribution in [-0.4, -0.2) is 16.2 Å². The monoisotopic (exact) mass is 336 g/mol. The molecule has 1 aromatic carbocycles. The predicted molar refractivity (Wildman–Crippen MR) is 91.4 cm³/mol. The Kier molecular flexibility index (Phi) is 6.93. The molecule has 0 bridgehead atoms. The first-order valence-electron chi connectivity index (χ1n) is 7.84. The van der Waals surface area contributed by atoms with Gasteiger partial charge < -0.3 is 5.32 Å². The second-order valence-electron chi connectivity index (χ2n) is 5.22. The summed E-state index contributed by atoms with van der Waals surface area (Å²) in [6.07, 6.45) is 6.87. The Morgan fingerprint density at radius 3 is 2.70 bits per heavy atom. The number of carbonyl (C=O) groups excluding carboxylic acids is 1. The largest absolute Gasteiger partial charge is 0.325 e. The minimum atomic E-state index is -0.527. The van der Waals surface area contributed by atoms with Crippen molar-refractivity contribution in [2.24, 2.45) is 0 Å². The molecule has 2 rings (SSSR count). The molecule has 0 saturated carbocycles. The van der Waals surface area contributed by atoms with Crippen molar-refractivity contribution < 1.29 is 9.18 Å². The zero-order valence-electron chi connectivity index (χ0n) is 13.1. The van der Waals surface area contributed by atoms with Crippen LogP contribution in [0.5, 0.6) is 0 Å². The predicted octanol–water partition coefficient (Wildman–Crippen LogP) is 4.83. The van der Waals surface area contributed by atoms with Gasteiger partial charge in [-0.25, -0.2) is 9.18 Å². The normalized spacial score (nSPS) is 10.5. The highest BCUT2D eigenvalue weighted by Crippen LogP contribution is 2.19. The highest BCUT2D eigenvalue weighted by molar-refractivity contribution is 7.15. The highest BCUT2D eigenvalue weighted by atomic mass is 32.1. The summed E-state index contributed by atoms with van der Waals surface area (Å²) in [6, 6.07) is 5.48. The Balaban J connectivity index is 1.77. The minimum absolute atomic E-state index is 0.130. The number of aromatic nitrogens is 2. The van der Waals surface area contributed by atoms with Gasteiger partial charge in [0.05, 0.1) is 5.69 Å². The van der Waals surface area contributed by atoms with E-state index in [1.807, 2.05) is 0 Å². The van der Waals surface area contributed by atoms with Gasteiger partial charge >= 0.3 is 6.03 Å². The molecule has 1 aromatic heterocycles. The number of hydrogen-bond acceptors (Lipinski definition) is 4. The maximum Gasteiger partial charge on any atom is 0.325 e. The molecule has 2 N–H and O–H groups in total. The molecular formula is C16H21FN4OS. The second kappa shape index (κ2) is 9.19. The molecule has 7 heteroatoms. The number of anilines is 2. The molecule has 0 aliphatic carbocycles. The number of hydrogen-bond donors (Lipinski definition) is 2. The van der Waals surface area contributed by atoms with Gasteiger partial charge in [0.2, 0.25) is 5.13 Å². The molecule has 5 nitrogen and oxygen atoms in total. The van der Waals surface area contributed by atoms with Gasteiger partial charge in [-0.15, -0.1) is 10.2 Å². The van der Waals surface area contributed by atoms with E-state index in [0.717, 1.165) is 17.8 Å². The standard InChI is InChI=1S/C16H21FN4OS/c1-2-3-4-5-6-11-14-20-21-16(23-14)19-15(22)18-13-10-8-7-9-12(13)17/h7-10H,2-6,11H2,1H3,(H2,18,19,21,22). The summed E-state index contributed by atoms with van der Waals surface area (Å²) in [6.45, 7) is 2.19. The Labute approximate surface area is 139 Å². The Morgan fingerprint density at radius 2 is 1.91 bits per heavy atom. The SMILES string of the molecule is CCCCCCCc1nnc(NC(=O)Nc2ccccc2F)s1. The fourth-order valence-electron chi connectivity index (χ4n) is 2.10. The van der Waals surface area contributed by atoms with E-state index in [0.29, 0.717) is 5.13 Å². The molecule has 0 fully saturated rings. The van der Waals surface area contributed by atoms with Crippen LogP contribution in [-0.2, 0) is 6.42 Å². The first-order valence-corrected chi connectivity index (χ1v) is 8.65. The van der Waals surface area contributed by atoms with Crippen LogP contribution in [0.3, 0.4) is 0 Å². The van der Waals surface area contributed by atoms with E-state index in [1.54, 1.807) is 12.1 Å². The van der Waals surface area contributed by atoms with Gasteiger partial charge in [-0.2, -0.15) is 0 Å². The summed E-state index contributed by atoms with van der Waals surface area (Å²) < 4.78 is 13.5. The van der Waals surface area contributed by atoms with E-state index in [4.69, 9.17) is 0 Å². The number of amides is 2. The van der Waals surface area contributed by atoms with E-state index in [-0.39, 0.29) is 5.69 Å². The number of benzene rings is 1. The topological polar surface area (TPSA) is 66.9 Å². The first-order chi connectivity index (χ1) is 11.2. The van der Waals surface area contributed by atoms with Crippen LogP contribution >= 0.6 is 11.3 Å². The third-order valence-corrected chi connectivity index (χ3v) is 4.20. The van der Waals surface area contributed by atoms with E-state index in [1.165, 1.54) is 49.2 Å². The third kappa shape index (κ3) is 5.94. The van der Waals surface area contributed by atoms with Gasteiger partial charge in [0.25, 0.3) is 0 Å². The van der Waals surface area contributed by atoms with Gasteiger partial charge in [0.1, 0.15) is 10.8 Å². The minimum Gasteiger partial charge on any atom is -0.305 e. The third-order valence-electron chi connectivity index (χ3n) is 3.30. The molecule has 0 spiro atoms. The van der Waals surface area contributed by atoms with Crippen LogP contribution < -0.4 is 10.6 Å². The molecule has 0 saturated heterocycles. The lowest BCUT2D eigenvalue weighted by molar-refractivity contribution is 0.262. The van der Waals surface area contributed by atoms with Crippen molar-refractivity contribution in [3.8, 4) is 0 Å². The molecule has 2 amide bonds. The number of aryl methyl sites for hydroxylation is 1. The average molecular weight is 336 g/mol. The summed E-state index contributed by atoms with van der Waals surface area (Å²) >= 11 is 1.35. The van der Waals surface area contributed by atoms with E-state index < -0.39 is 11.8 Å². The van der Waals surface area contributed by atoms with Crippen molar-refractivity contribution in [2.45, 2.75) is 45.4 Å². The highest BCUT2D eigenvalue weighted by Gasteiger charge is 2.10. The number of nitrogens with zero attached hydrogens (tertiary/aromatic N) is 2. The number of urea groups is 1. The molecule has 0 aliphatic rings. The van der Waals surface area contributed by atoms with Crippen LogP contribution in [0, 0.1) is 5.82 Å². The van der Waals surface area contributed by atoms with Crippen LogP contribution in [0.15, 0.2) is 24.3 Å². The lowest BCUT2D eigenvalue weighted by atomic mass is 10.1. The molecule has 0 aliphatic heterocycles.